The lowest BCUT2D eigenvalue weighted by atomic mass is 9.79. The molecule has 4 N–H and O–H groups in total. The fraction of sp³-hybridized carbons (Fsp3) is 0.667. The quantitative estimate of drug-likeness (QED) is 0.604. The summed E-state index contributed by atoms with van der Waals surface area (Å²) in [7, 11) is 0. The molecule has 15 heavy (non-hydrogen) atoms. The fourth-order valence-corrected chi connectivity index (χ4v) is 1.95. The summed E-state index contributed by atoms with van der Waals surface area (Å²) in [6.07, 6.45) is 2.58. The number of hydrogen-bond acceptors (Lipinski definition) is 3. The molecule has 0 saturated heterocycles. The van der Waals surface area contributed by atoms with E-state index in [4.69, 9.17) is 10.8 Å². The van der Waals surface area contributed by atoms with E-state index >= 15 is 0 Å². The Morgan fingerprint density at radius 3 is 2.13 bits per heavy atom. The van der Waals surface area contributed by atoms with Gasteiger partial charge in [-0.3, -0.25) is 14.9 Å². The third kappa shape index (κ3) is 2.93. The lowest BCUT2D eigenvalue weighted by Crippen LogP contribution is -2.44. The number of primary amides is 1. The van der Waals surface area contributed by atoms with Crippen LogP contribution in [0.5, 0.6) is 0 Å². The van der Waals surface area contributed by atoms with E-state index in [-0.39, 0.29) is 0 Å². The number of rotatable bonds is 2. The van der Waals surface area contributed by atoms with Crippen molar-refractivity contribution in [3.63, 3.8) is 0 Å². The molecule has 0 aromatic heterocycles. The molecule has 0 unspecified atom stereocenters. The molecule has 0 aliphatic heterocycles. The number of urea groups is 1. The van der Waals surface area contributed by atoms with E-state index in [0.717, 1.165) is 12.8 Å². The maximum Gasteiger partial charge on any atom is 0.318 e. The topological polar surface area (TPSA) is 109 Å². The molecule has 0 heterocycles. The molecule has 3 amide bonds. The molecular weight excluding hydrogens is 200 g/mol. The summed E-state index contributed by atoms with van der Waals surface area (Å²) in [6.45, 7) is 0. The molecule has 1 aliphatic carbocycles. The summed E-state index contributed by atoms with van der Waals surface area (Å²) in [5, 5.41) is 10.8. The first-order valence-corrected chi connectivity index (χ1v) is 4.85. The van der Waals surface area contributed by atoms with E-state index in [1.165, 1.54) is 0 Å². The van der Waals surface area contributed by atoms with Crippen molar-refractivity contribution < 1.29 is 19.5 Å². The van der Waals surface area contributed by atoms with E-state index in [9.17, 15) is 14.4 Å². The van der Waals surface area contributed by atoms with E-state index in [0.29, 0.717) is 12.8 Å². The molecule has 0 radical (unpaired) electrons. The van der Waals surface area contributed by atoms with Crippen molar-refractivity contribution in [3.8, 4) is 0 Å². The minimum Gasteiger partial charge on any atom is -0.481 e. The molecule has 6 heteroatoms. The maximum atomic E-state index is 11.4. The summed E-state index contributed by atoms with van der Waals surface area (Å²) >= 11 is 0. The number of carbonyl (C=O) groups excluding carboxylic acids is 2. The predicted octanol–water partition coefficient (Wildman–Crippen LogP) is 0.0723. The lowest BCUT2D eigenvalue weighted by Gasteiger charge is -2.26. The maximum absolute atomic E-state index is 11.4. The summed E-state index contributed by atoms with van der Waals surface area (Å²) < 4.78 is 0. The van der Waals surface area contributed by atoms with Crippen molar-refractivity contribution in [3.05, 3.63) is 0 Å². The van der Waals surface area contributed by atoms with Crippen LogP contribution in [0.2, 0.25) is 0 Å². The van der Waals surface area contributed by atoms with Crippen molar-refractivity contribution >= 4 is 17.9 Å². The molecule has 84 valence electrons. The van der Waals surface area contributed by atoms with Crippen molar-refractivity contribution in [2.24, 2.45) is 17.6 Å². The van der Waals surface area contributed by atoms with E-state index < -0.39 is 29.7 Å². The minimum absolute atomic E-state index is 0.478. The first-order chi connectivity index (χ1) is 7.02. The smallest absolute Gasteiger partial charge is 0.318 e. The molecule has 1 aliphatic rings. The van der Waals surface area contributed by atoms with Gasteiger partial charge in [0, 0.05) is 0 Å². The number of imide groups is 1. The minimum atomic E-state index is -0.987. The van der Waals surface area contributed by atoms with Gasteiger partial charge in [0.25, 0.3) is 0 Å². The first-order valence-electron chi connectivity index (χ1n) is 4.85. The van der Waals surface area contributed by atoms with Gasteiger partial charge >= 0.3 is 12.0 Å². The largest absolute Gasteiger partial charge is 0.481 e. The molecule has 6 nitrogen and oxygen atoms in total. The average molecular weight is 214 g/mol. The highest BCUT2D eigenvalue weighted by Gasteiger charge is 2.35. The van der Waals surface area contributed by atoms with Gasteiger partial charge in [0.05, 0.1) is 11.8 Å². The molecule has 1 fully saturated rings. The van der Waals surface area contributed by atoms with E-state index in [2.05, 4.69) is 0 Å². The Bertz CT molecular complexity index is 290. The predicted molar refractivity (Wildman–Crippen MR) is 50.8 cm³/mol. The summed E-state index contributed by atoms with van der Waals surface area (Å²) in [5.74, 6) is -2.89. The van der Waals surface area contributed by atoms with Gasteiger partial charge in [0.2, 0.25) is 5.91 Å². The zero-order valence-corrected chi connectivity index (χ0v) is 8.23. The second kappa shape index (κ2) is 4.77. The van der Waals surface area contributed by atoms with Crippen LogP contribution in [0.3, 0.4) is 0 Å². The highest BCUT2D eigenvalue weighted by Crippen LogP contribution is 2.30. The number of amides is 3. The number of aliphatic carboxylic acids is 1. The van der Waals surface area contributed by atoms with Crippen LogP contribution in [0, 0.1) is 11.8 Å². The van der Waals surface area contributed by atoms with E-state index in [1.54, 1.807) is 0 Å². The van der Waals surface area contributed by atoms with Gasteiger partial charge in [0.1, 0.15) is 0 Å². The number of nitrogens with one attached hydrogen (secondary N) is 1. The van der Waals surface area contributed by atoms with Crippen molar-refractivity contribution in [1.82, 2.24) is 5.32 Å². The summed E-state index contributed by atoms with van der Waals surface area (Å²) in [5.41, 5.74) is 4.80. The van der Waals surface area contributed by atoms with Gasteiger partial charge in [0.15, 0.2) is 0 Å². The number of hydrogen-bond donors (Lipinski definition) is 3. The van der Waals surface area contributed by atoms with Crippen molar-refractivity contribution in [2.75, 3.05) is 0 Å². The van der Waals surface area contributed by atoms with E-state index in [1.807, 2.05) is 5.32 Å². The second-order valence-electron chi connectivity index (χ2n) is 3.69. The Morgan fingerprint density at radius 2 is 1.67 bits per heavy atom. The summed E-state index contributed by atoms with van der Waals surface area (Å²) in [4.78, 5) is 32.8. The third-order valence-electron chi connectivity index (χ3n) is 2.67. The first kappa shape index (κ1) is 11.5. The monoisotopic (exact) mass is 214 g/mol. The molecule has 2 atom stereocenters. The van der Waals surface area contributed by atoms with Crippen LogP contribution in [0.1, 0.15) is 25.7 Å². The van der Waals surface area contributed by atoms with Crippen LogP contribution in [-0.2, 0) is 9.59 Å². The molecular formula is C9H14N2O4. The van der Waals surface area contributed by atoms with Gasteiger partial charge in [-0.2, -0.15) is 0 Å². The Morgan fingerprint density at radius 1 is 1.13 bits per heavy atom. The van der Waals surface area contributed by atoms with Crippen LogP contribution in [0.25, 0.3) is 0 Å². The van der Waals surface area contributed by atoms with Gasteiger partial charge in [-0.05, 0) is 12.8 Å². The molecule has 0 aromatic carbocycles. The summed E-state index contributed by atoms with van der Waals surface area (Å²) in [6, 6.07) is -0.935. The van der Waals surface area contributed by atoms with Gasteiger partial charge in [-0.15, -0.1) is 0 Å². The molecule has 0 spiro atoms. The van der Waals surface area contributed by atoms with Crippen LogP contribution < -0.4 is 11.1 Å². The van der Waals surface area contributed by atoms with Gasteiger partial charge < -0.3 is 10.8 Å². The highest BCUT2D eigenvalue weighted by atomic mass is 16.4. The standard InChI is InChI=1S/C9H14N2O4/c10-9(15)11-7(12)5-3-1-2-4-6(5)8(13)14/h5-6H,1-4H2,(H,13,14)(H3,10,11,12,15)/t5-,6-/m1/s1. The molecule has 1 saturated carbocycles. The number of nitrogens with two attached hydrogens (primary N) is 1. The van der Waals surface area contributed by atoms with Gasteiger partial charge in [-0.1, -0.05) is 12.8 Å². The molecule has 0 bridgehead atoms. The Balaban J connectivity index is 2.67. The SMILES string of the molecule is NC(=O)NC(=O)[C@@H]1CCCC[C@H]1C(=O)O. The zero-order valence-electron chi connectivity index (χ0n) is 8.23. The fourth-order valence-electron chi connectivity index (χ4n) is 1.95. The van der Waals surface area contributed by atoms with Crippen molar-refractivity contribution in [2.45, 2.75) is 25.7 Å². The number of carboxylic acids is 1. The Labute approximate surface area is 86.8 Å². The van der Waals surface area contributed by atoms with Crippen LogP contribution in [0.15, 0.2) is 0 Å². The van der Waals surface area contributed by atoms with Crippen molar-refractivity contribution in [1.29, 1.82) is 0 Å². The number of carbonyl (C=O) groups is 3. The number of carboxylic acid groups (broad SMARTS) is 1. The Kier molecular flexibility index (Phi) is 3.65. The molecule has 0 aromatic rings. The average Bonchev–Trinajstić information content (AvgIpc) is 2.16. The highest BCUT2D eigenvalue weighted by molar-refractivity contribution is 5.96. The Hall–Kier alpha value is -1.59. The molecule has 1 rings (SSSR count). The second-order valence-corrected chi connectivity index (χ2v) is 3.69. The van der Waals surface area contributed by atoms with Gasteiger partial charge in [-0.25, -0.2) is 4.79 Å². The third-order valence-corrected chi connectivity index (χ3v) is 2.67. The normalized spacial score (nSPS) is 25.6. The zero-order chi connectivity index (χ0) is 11.4. The van der Waals surface area contributed by atoms with Crippen LogP contribution in [-0.4, -0.2) is 23.0 Å². The van der Waals surface area contributed by atoms with Crippen LogP contribution in [0.4, 0.5) is 4.79 Å². The van der Waals surface area contributed by atoms with Crippen LogP contribution >= 0.6 is 0 Å². The lowest BCUT2D eigenvalue weighted by molar-refractivity contribution is -0.148.